The zero-order chi connectivity index (χ0) is 18.8. The molecule has 0 bridgehead atoms. The van der Waals surface area contributed by atoms with E-state index in [1.807, 2.05) is 0 Å². The predicted octanol–water partition coefficient (Wildman–Crippen LogP) is -15.4. The van der Waals surface area contributed by atoms with Gasteiger partial charge in [-0.3, -0.25) is 26.7 Å². The van der Waals surface area contributed by atoms with Crippen LogP contribution in [0.25, 0.3) is 0 Å². The second-order valence-electron chi connectivity index (χ2n) is 3.66. The summed E-state index contributed by atoms with van der Waals surface area (Å²) in [5.41, 5.74) is 0. The average molecular weight is 528 g/mol. The van der Waals surface area contributed by atoms with Gasteiger partial charge in [-0.1, -0.05) is 0 Å². The Morgan fingerprint density at radius 1 is 0.750 bits per heavy atom. The van der Waals surface area contributed by atoms with Crippen LogP contribution in [0.1, 0.15) is 0 Å². The Balaban J connectivity index is -0.000000180. The molecule has 0 aliphatic carbocycles. The zero-order valence-corrected chi connectivity index (χ0v) is 26.5. The molecule has 16 nitrogen and oxygen atoms in total. The largest absolute Gasteiger partial charge is 1.00 e. The summed E-state index contributed by atoms with van der Waals surface area (Å²) in [6.07, 6.45) is -3.08. The van der Waals surface area contributed by atoms with Crippen molar-refractivity contribution in [2.45, 2.75) is 12.6 Å². The molecular formula is C4H8Na4O16P4. The van der Waals surface area contributed by atoms with E-state index in [2.05, 4.69) is 26.7 Å². The molecule has 0 aromatic heterocycles. The summed E-state index contributed by atoms with van der Waals surface area (Å²) in [5.74, 6) is 0. The Morgan fingerprint density at radius 3 is 1.14 bits per heavy atom. The zero-order valence-electron chi connectivity index (χ0n) is 15.0. The molecule has 2 N–H and O–H groups in total. The molecule has 2 aliphatic rings. The Hall–Kier alpha value is 4.44. The van der Waals surface area contributed by atoms with Crippen LogP contribution < -0.4 is 138 Å². The fourth-order valence-electron chi connectivity index (χ4n) is 1.06. The van der Waals surface area contributed by atoms with Gasteiger partial charge in [0.25, 0.3) is 0 Å². The molecule has 2 fully saturated rings. The second kappa shape index (κ2) is 16.2. The SMILES string of the molecule is O=P([O-])([O-])OP1(=O)OCC(O)O1.O=P([O-])([O-])OP1(=O)OCC(O)O1.[Na+].[Na+].[Na+].[Na+]. The molecule has 0 aromatic rings. The van der Waals surface area contributed by atoms with Gasteiger partial charge in [0.2, 0.25) is 0 Å². The van der Waals surface area contributed by atoms with E-state index in [1.54, 1.807) is 0 Å². The van der Waals surface area contributed by atoms with Crippen LogP contribution in [-0.4, -0.2) is 36.0 Å². The van der Waals surface area contributed by atoms with Crippen molar-refractivity contribution >= 4 is 31.3 Å². The maximum absolute atomic E-state index is 10.8. The van der Waals surface area contributed by atoms with Crippen molar-refractivity contribution in [1.29, 1.82) is 0 Å². The molecule has 4 unspecified atom stereocenters. The van der Waals surface area contributed by atoms with Crippen LogP contribution in [0.5, 0.6) is 0 Å². The molecule has 0 amide bonds. The molecule has 0 saturated carbocycles. The van der Waals surface area contributed by atoms with E-state index in [0.29, 0.717) is 0 Å². The average Bonchev–Trinajstić information content (AvgIpc) is 2.77. The summed E-state index contributed by atoms with van der Waals surface area (Å²) in [4.78, 5) is 39.7. The van der Waals surface area contributed by atoms with Gasteiger partial charge >= 0.3 is 134 Å². The molecule has 2 saturated heterocycles. The van der Waals surface area contributed by atoms with Crippen molar-refractivity contribution in [3.8, 4) is 0 Å². The van der Waals surface area contributed by atoms with E-state index in [-0.39, 0.29) is 118 Å². The first-order chi connectivity index (χ1) is 10.6. The van der Waals surface area contributed by atoms with Crippen molar-refractivity contribution in [2.24, 2.45) is 0 Å². The van der Waals surface area contributed by atoms with Crippen LogP contribution in [-0.2, 0) is 45.0 Å². The van der Waals surface area contributed by atoms with Crippen LogP contribution in [0.3, 0.4) is 0 Å². The topological polar surface area (TPSA) is 256 Å². The third-order valence-corrected chi connectivity index (χ3v) is 6.79. The minimum absolute atomic E-state index is 0. The molecular weight excluding hydrogens is 520 g/mol. The van der Waals surface area contributed by atoms with Crippen molar-refractivity contribution in [1.82, 2.24) is 0 Å². The van der Waals surface area contributed by atoms with E-state index in [1.165, 1.54) is 0 Å². The van der Waals surface area contributed by atoms with Gasteiger partial charge in [-0.15, -0.1) is 0 Å². The standard InChI is InChI=1S/2C2H6O8P2.4Na/c2*3-2-1-8-12(7,9-2)10-11(4,5)6;;;;/h2*2-3H,1H2,(H2,4,5,6);;;;/q;;4*+1/p-4. The maximum Gasteiger partial charge on any atom is 1.00 e. The minimum atomic E-state index is -5.43. The smallest absolute Gasteiger partial charge is 0.789 e. The molecule has 0 spiro atoms. The van der Waals surface area contributed by atoms with Crippen molar-refractivity contribution in [3.05, 3.63) is 0 Å². The second-order valence-corrected chi connectivity index (χ2v) is 9.49. The van der Waals surface area contributed by atoms with Gasteiger partial charge in [-0.2, -0.15) is 0 Å². The summed E-state index contributed by atoms with van der Waals surface area (Å²) < 4.78 is 64.7. The molecule has 0 aromatic carbocycles. The molecule has 144 valence electrons. The first kappa shape index (κ1) is 39.6. The van der Waals surface area contributed by atoms with Crippen molar-refractivity contribution in [3.63, 3.8) is 0 Å². The van der Waals surface area contributed by atoms with E-state index in [4.69, 9.17) is 10.2 Å². The van der Waals surface area contributed by atoms with Gasteiger partial charge in [-0.25, -0.2) is 9.13 Å². The fraction of sp³-hybridized carbons (Fsp3) is 1.00. The molecule has 4 atom stereocenters. The van der Waals surface area contributed by atoms with Gasteiger partial charge in [0.1, 0.15) is 13.2 Å². The Kier molecular flexibility index (Phi) is 22.9. The molecule has 2 aliphatic heterocycles. The third-order valence-electron chi connectivity index (χ3n) is 1.65. The van der Waals surface area contributed by atoms with Crippen LogP contribution in [0.15, 0.2) is 0 Å². The van der Waals surface area contributed by atoms with Crippen LogP contribution in [0.2, 0.25) is 0 Å². The molecule has 2 heterocycles. The molecule has 2 rings (SSSR count). The molecule has 24 heteroatoms. The number of phosphoric acid groups is 4. The summed E-state index contributed by atoms with van der Waals surface area (Å²) in [6, 6.07) is 0. The number of hydrogen-bond acceptors (Lipinski definition) is 16. The quantitative estimate of drug-likeness (QED) is 0.254. The third kappa shape index (κ3) is 17.9. The Labute approximate surface area is 246 Å². The van der Waals surface area contributed by atoms with Crippen molar-refractivity contribution < 1.29 is 193 Å². The predicted molar refractivity (Wildman–Crippen MR) is 58.7 cm³/mol. The van der Waals surface area contributed by atoms with E-state index < -0.39 is 57.1 Å². The van der Waals surface area contributed by atoms with Gasteiger partial charge in [0.05, 0.1) is 15.6 Å². The van der Waals surface area contributed by atoms with E-state index in [0.717, 1.165) is 0 Å². The Bertz CT molecular complexity index is 578. The monoisotopic (exact) mass is 528 g/mol. The first-order valence-electron chi connectivity index (χ1n) is 5.30. The fourth-order valence-corrected chi connectivity index (χ4v) is 5.16. The van der Waals surface area contributed by atoms with E-state index >= 15 is 0 Å². The Morgan fingerprint density at radius 2 is 1.00 bits per heavy atom. The van der Waals surface area contributed by atoms with E-state index in [9.17, 15) is 37.8 Å². The number of phosphoric ester groups is 2. The summed E-state index contributed by atoms with van der Waals surface area (Å²) in [7, 11) is -19.6. The first-order valence-corrected chi connectivity index (χ1v) is 11.1. The van der Waals surface area contributed by atoms with Gasteiger partial charge in [0.15, 0.2) is 12.6 Å². The van der Waals surface area contributed by atoms with Gasteiger partial charge in [0, 0.05) is 0 Å². The van der Waals surface area contributed by atoms with Gasteiger partial charge in [-0.05, 0) is 0 Å². The summed E-state index contributed by atoms with van der Waals surface area (Å²) in [5, 5.41) is 17.1. The number of aliphatic hydroxyl groups is 2. The van der Waals surface area contributed by atoms with Crippen LogP contribution in [0.4, 0.5) is 0 Å². The van der Waals surface area contributed by atoms with Crippen LogP contribution in [0, 0.1) is 0 Å². The number of hydrogen-bond donors (Lipinski definition) is 2. The summed E-state index contributed by atoms with van der Waals surface area (Å²) in [6.45, 7) is -1.01. The normalized spacial score (nSPS) is 31.8. The maximum atomic E-state index is 10.8. The van der Waals surface area contributed by atoms with Crippen LogP contribution >= 0.6 is 31.3 Å². The number of aliphatic hydroxyl groups excluding tert-OH is 2. The molecule has 28 heavy (non-hydrogen) atoms. The number of rotatable bonds is 4. The minimum Gasteiger partial charge on any atom is -0.789 e. The molecule has 0 radical (unpaired) electrons. The summed E-state index contributed by atoms with van der Waals surface area (Å²) >= 11 is 0. The van der Waals surface area contributed by atoms with Crippen molar-refractivity contribution in [2.75, 3.05) is 13.2 Å². The van der Waals surface area contributed by atoms with Gasteiger partial charge < -0.3 is 38.9 Å².